The summed E-state index contributed by atoms with van der Waals surface area (Å²) in [6.07, 6.45) is 4.81. The van der Waals surface area contributed by atoms with Crippen LogP contribution in [-0.2, 0) is 4.84 Å². The summed E-state index contributed by atoms with van der Waals surface area (Å²) in [6.45, 7) is 2.20. The molecule has 0 spiro atoms. The first-order chi connectivity index (χ1) is 10.7. The first-order valence-corrected chi connectivity index (χ1v) is 9.30. The number of rotatable bonds is 4. The molecular weight excluding hydrogens is 387 g/mol. The van der Waals surface area contributed by atoms with Crippen molar-refractivity contribution in [2.24, 2.45) is 11.1 Å². The van der Waals surface area contributed by atoms with Gasteiger partial charge in [0, 0.05) is 21.6 Å². The molecule has 2 bridgehead atoms. The lowest BCUT2D eigenvalue weighted by Crippen LogP contribution is -2.48. The fourth-order valence-corrected chi connectivity index (χ4v) is 4.81. The molecule has 0 N–H and O–H groups in total. The molecule has 0 aliphatic carbocycles. The highest BCUT2D eigenvalue weighted by Crippen LogP contribution is 2.47. The lowest BCUT2D eigenvalue weighted by molar-refractivity contribution is 0.127. The molecule has 0 amide bonds. The second kappa shape index (κ2) is 6.87. The molecule has 22 heavy (non-hydrogen) atoms. The molecule has 4 heteroatoms. The van der Waals surface area contributed by atoms with Crippen molar-refractivity contribution >= 4 is 28.3 Å². The Morgan fingerprint density at radius 3 is 2.68 bits per heavy atom. The lowest BCUT2D eigenvalue weighted by atomic mass is 9.73. The predicted molar refractivity (Wildman–Crippen MR) is 99.3 cm³/mol. The maximum atomic E-state index is 5.16. The Kier molecular flexibility index (Phi) is 5.07. The van der Waals surface area contributed by atoms with E-state index >= 15 is 0 Å². The summed E-state index contributed by atoms with van der Waals surface area (Å²) in [7, 11) is 3.96. The Balaban J connectivity index is 1.98. The van der Waals surface area contributed by atoms with Crippen LogP contribution in [0, 0.1) is 9.49 Å². The first kappa shape index (κ1) is 16.2. The van der Waals surface area contributed by atoms with Crippen LogP contribution in [0.2, 0.25) is 0 Å². The molecule has 1 aromatic rings. The molecule has 0 saturated carbocycles. The van der Waals surface area contributed by atoms with E-state index in [0.717, 1.165) is 12.5 Å². The number of benzene rings is 1. The van der Waals surface area contributed by atoms with Crippen LogP contribution in [-0.4, -0.2) is 36.9 Å². The van der Waals surface area contributed by atoms with E-state index in [-0.39, 0.29) is 0 Å². The van der Waals surface area contributed by atoms with Crippen LogP contribution < -0.4 is 0 Å². The standard InChI is InChI=1S/C18H25IN2O/c1-4-16(20-22-3)18-15(12-5-7-13(19)8-6-12)11-14-9-10-17(18)21(14)2/h5-8,14-15,17-18H,4,9-11H2,1-3H3/t14?,15-,17-,18+/m0/s1. The van der Waals surface area contributed by atoms with Crippen LogP contribution in [0.5, 0.6) is 0 Å². The molecule has 2 fully saturated rings. The van der Waals surface area contributed by atoms with Gasteiger partial charge in [0.1, 0.15) is 7.11 Å². The van der Waals surface area contributed by atoms with Crippen molar-refractivity contribution in [1.29, 1.82) is 0 Å². The summed E-state index contributed by atoms with van der Waals surface area (Å²) in [6, 6.07) is 10.4. The van der Waals surface area contributed by atoms with Crippen molar-refractivity contribution in [1.82, 2.24) is 4.90 Å². The first-order valence-electron chi connectivity index (χ1n) is 8.23. The topological polar surface area (TPSA) is 24.8 Å². The minimum Gasteiger partial charge on any atom is -0.399 e. The number of piperidine rings is 1. The molecule has 2 aliphatic heterocycles. The van der Waals surface area contributed by atoms with E-state index < -0.39 is 0 Å². The lowest BCUT2D eigenvalue weighted by Gasteiger charge is -2.43. The smallest absolute Gasteiger partial charge is 0.106 e. The summed E-state index contributed by atoms with van der Waals surface area (Å²) in [5.41, 5.74) is 2.69. The van der Waals surface area contributed by atoms with Gasteiger partial charge in [-0.2, -0.15) is 0 Å². The van der Waals surface area contributed by atoms with Gasteiger partial charge in [0.25, 0.3) is 0 Å². The number of halogens is 1. The van der Waals surface area contributed by atoms with Crippen LogP contribution >= 0.6 is 22.6 Å². The average molecular weight is 412 g/mol. The summed E-state index contributed by atoms with van der Waals surface area (Å²) >= 11 is 2.38. The highest BCUT2D eigenvalue weighted by Gasteiger charge is 2.47. The van der Waals surface area contributed by atoms with Crippen molar-refractivity contribution in [3.8, 4) is 0 Å². The molecule has 120 valence electrons. The van der Waals surface area contributed by atoms with Gasteiger partial charge >= 0.3 is 0 Å². The van der Waals surface area contributed by atoms with Gasteiger partial charge in [-0.25, -0.2) is 0 Å². The van der Waals surface area contributed by atoms with Crippen molar-refractivity contribution < 1.29 is 4.84 Å². The van der Waals surface area contributed by atoms with E-state index in [1.165, 1.54) is 34.1 Å². The zero-order valence-corrected chi connectivity index (χ0v) is 15.8. The van der Waals surface area contributed by atoms with Gasteiger partial charge in [-0.3, -0.25) is 4.90 Å². The molecule has 3 rings (SSSR count). The molecule has 4 atom stereocenters. The van der Waals surface area contributed by atoms with Gasteiger partial charge in [-0.05, 0) is 78.9 Å². The van der Waals surface area contributed by atoms with Crippen molar-refractivity contribution in [3.05, 3.63) is 33.4 Å². The number of hydrogen-bond donors (Lipinski definition) is 0. The van der Waals surface area contributed by atoms with Gasteiger partial charge in [0.15, 0.2) is 0 Å². The van der Waals surface area contributed by atoms with E-state index in [1.54, 1.807) is 7.11 Å². The van der Waals surface area contributed by atoms with Crippen LogP contribution in [0.25, 0.3) is 0 Å². The number of oxime groups is 1. The van der Waals surface area contributed by atoms with E-state index in [0.29, 0.717) is 17.9 Å². The molecule has 2 saturated heterocycles. The van der Waals surface area contributed by atoms with Gasteiger partial charge in [-0.1, -0.05) is 24.2 Å². The molecule has 0 radical (unpaired) electrons. The normalized spacial score (nSPS) is 32.3. The Bertz CT molecular complexity index is 543. The fourth-order valence-electron chi connectivity index (χ4n) is 4.45. The van der Waals surface area contributed by atoms with E-state index in [1.807, 2.05) is 0 Å². The van der Waals surface area contributed by atoms with E-state index in [9.17, 15) is 0 Å². The molecule has 0 aromatic heterocycles. The van der Waals surface area contributed by atoms with Crippen LogP contribution in [0.15, 0.2) is 29.4 Å². The van der Waals surface area contributed by atoms with Gasteiger partial charge in [0.05, 0.1) is 5.71 Å². The molecular formula is C18H25IN2O. The maximum Gasteiger partial charge on any atom is 0.106 e. The third-order valence-corrected chi connectivity index (χ3v) is 6.24. The Hall–Kier alpha value is -0.620. The quantitative estimate of drug-likeness (QED) is 0.419. The maximum absolute atomic E-state index is 5.16. The third-order valence-electron chi connectivity index (χ3n) is 5.52. The van der Waals surface area contributed by atoms with Gasteiger partial charge in [0.2, 0.25) is 0 Å². The molecule has 2 aliphatic rings. The molecule has 1 unspecified atom stereocenters. The Morgan fingerprint density at radius 2 is 2.05 bits per heavy atom. The Morgan fingerprint density at radius 1 is 1.32 bits per heavy atom. The van der Waals surface area contributed by atoms with E-state index in [2.05, 4.69) is 70.9 Å². The van der Waals surface area contributed by atoms with Gasteiger partial charge < -0.3 is 4.84 Å². The third kappa shape index (κ3) is 2.92. The summed E-state index contributed by atoms with van der Waals surface area (Å²) < 4.78 is 1.30. The molecule has 1 aromatic carbocycles. The van der Waals surface area contributed by atoms with Gasteiger partial charge in [-0.15, -0.1) is 0 Å². The number of nitrogens with zero attached hydrogens (tertiary/aromatic N) is 2. The largest absolute Gasteiger partial charge is 0.399 e. The number of fused-ring (bicyclic) bond motifs is 2. The minimum atomic E-state index is 0.480. The predicted octanol–water partition coefficient (Wildman–Crippen LogP) is 4.27. The summed E-state index contributed by atoms with van der Waals surface area (Å²) in [4.78, 5) is 7.75. The summed E-state index contributed by atoms with van der Waals surface area (Å²) in [5, 5.41) is 4.40. The highest BCUT2D eigenvalue weighted by molar-refractivity contribution is 14.1. The summed E-state index contributed by atoms with van der Waals surface area (Å²) in [5.74, 6) is 1.05. The number of hydrogen-bond acceptors (Lipinski definition) is 3. The fraction of sp³-hybridized carbons (Fsp3) is 0.611. The second-order valence-electron chi connectivity index (χ2n) is 6.50. The van der Waals surface area contributed by atoms with Crippen molar-refractivity contribution in [2.45, 2.75) is 50.6 Å². The average Bonchev–Trinajstić information content (AvgIpc) is 2.76. The molecule has 3 nitrogen and oxygen atoms in total. The highest BCUT2D eigenvalue weighted by atomic mass is 127. The Labute approximate surface area is 147 Å². The molecule has 2 heterocycles. The van der Waals surface area contributed by atoms with E-state index in [4.69, 9.17) is 4.84 Å². The van der Waals surface area contributed by atoms with Crippen LogP contribution in [0.4, 0.5) is 0 Å². The monoisotopic (exact) mass is 412 g/mol. The second-order valence-corrected chi connectivity index (χ2v) is 7.75. The zero-order valence-electron chi connectivity index (χ0n) is 13.6. The van der Waals surface area contributed by atoms with Crippen molar-refractivity contribution in [2.75, 3.05) is 14.2 Å². The van der Waals surface area contributed by atoms with Crippen LogP contribution in [0.1, 0.15) is 44.1 Å². The van der Waals surface area contributed by atoms with Crippen LogP contribution in [0.3, 0.4) is 0 Å². The minimum absolute atomic E-state index is 0.480. The SMILES string of the molecule is CCC(=NOC)[C@H]1[C@H](c2ccc(I)cc2)CC2CC[C@@H]1N2C. The zero-order chi connectivity index (χ0) is 15.7. The van der Waals surface area contributed by atoms with Crippen molar-refractivity contribution in [3.63, 3.8) is 0 Å².